The Bertz CT molecular complexity index is 676. The Labute approximate surface area is 170 Å². The lowest BCUT2D eigenvalue weighted by Gasteiger charge is -2.23. The molecule has 1 N–H and O–H groups in total. The number of nitrogens with zero attached hydrogens (tertiary/aromatic N) is 5. The van der Waals surface area contributed by atoms with Crippen LogP contribution in [0.2, 0.25) is 5.02 Å². The molecular weight excluding hydrogens is 455 g/mol. The van der Waals surface area contributed by atoms with Crippen LogP contribution in [-0.2, 0) is 13.6 Å². The summed E-state index contributed by atoms with van der Waals surface area (Å²) in [6.07, 6.45) is 1.52. The number of ether oxygens (including phenoxy) is 1. The number of guanidine groups is 1. The number of benzene rings is 1. The third-order valence-corrected chi connectivity index (χ3v) is 3.71. The van der Waals surface area contributed by atoms with Crippen LogP contribution in [0.4, 0.5) is 0 Å². The van der Waals surface area contributed by atoms with Crippen molar-refractivity contribution in [1.82, 2.24) is 25.0 Å². The van der Waals surface area contributed by atoms with Crippen molar-refractivity contribution in [3.63, 3.8) is 0 Å². The highest BCUT2D eigenvalue weighted by atomic mass is 127. The summed E-state index contributed by atoms with van der Waals surface area (Å²) in [6, 6.07) is 7.33. The average Bonchev–Trinajstić information content (AvgIpc) is 2.95. The topological polar surface area (TPSA) is 67.6 Å². The summed E-state index contributed by atoms with van der Waals surface area (Å²) in [5.41, 5.74) is 0. The lowest BCUT2D eigenvalue weighted by Crippen LogP contribution is -2.42. The van der Waals surface area contributed by atoms with Crippen LogP contribution in [0.1, 0.15) is 12.7 Å². The minimum absolute atomic E-state index is 0. The molecule has 0 amide bonds. The third kappa shape index (κ3) is 6.69. The average molecular weight is 479 g/mol. The summed E-state index contributed by atoms with van der Waals surface area (Å²) >= 11 is 5.87. The van der Waals surface area contributed by atoms with Gasteiger partial charge in [0.2, 0.25) is 0 Å². The monoisotopic (exact) mass is 478 g/mol. The van der Waals surface area contributed by atoms with E-state index in [1.807, 2.05) is 50.2 Å². The van der Waals surface area contributed by atoms with Gasteiger partial charge in [-0.3, -0.25) is 9.67 Å². The first-order valence-electron chi connectivity index (χ1n) is 7.66. The Balaban J connectivity index is 0.00000312. The maximum atomic E-state index is 5.87. The number of rotatable bonds is 6. The highest BCUT2D eigenvalue weighted by Gasteiger charge is 2.11. The molecule has 0 radical (unpaired) electrons. The molecule has 1 unspecified atom stereocenters. The van der Waals surface area contributed by atoms with Crippen molar-refractivity contribution in [2.75, 3.05) is 20.6 Å². The number of hydrogen-bond donors (Lipinski definition) is 1. The van der Waals surface area contributed by atoms with Crippen molar-refractivity contribution in [2.45, 2.75) is 19.6 Å². The quantitative estimate of drug-likeness (QED) is 0.393. The molecule has 7 nitrogen and oxygen atoms in total. The summed E-state index contributed by atoms with van der Waals surface area (Å²) in [5.74, 6) is 2.42. The van der Waals surface area contributed by atoms with Crippen LogP contribution in [-0.4, -0.2) is 52.4 Å². The second-order valence-electron chi connectivity index (χ2n) is 5.47. The SMILES string of the molecule is CN=C(NCC(C)Oc1ccc(Cl)cc1)N(C)Cc1ncnn1C.I. The second-order valence-corrected chi connectivity index (χ2v) is 5.90. The van der Waals surface area contributed by atoms with Gasteiger partial charge in [-0.1, -0.05) is 11.6 Å². The molecule has 0 aliphatic carbocycles. The van der Waals surface area contributed by atoms with Gasteiger partial charge in [0.05, 0.1) is 13.1 Å². The summed E-state index contributed by atoms with van der Waals surface area (Å²) in [6.45, 7) is 3.23. The predicted molar refractivity (Wildman–Crippen MR) is 111 cm³/mol. The third-order valence-electron chi connectivity index (χ3n) is 3.46. The maximum Gasteiger partial charge on any atom is 0.193 e. The van der Waals surface area contributed by atoms with E-state index in [-0.39, 0.29) is 30.1 Å². The van der Waals surface area contributed by atoms with Gasteiger partial charge >= 0.3 is 0 Å². The fourth-order valence-electron chi connectivity index (χ4n) is 2.16. The molecule has 0 saturated carbocycles. The Morgan fingerprint density at radius 2 is 2.08 bits per heavy atom. The molecular formula is C16H24ClIN6O. The van der Waals surface area contributed by atoms with E-state index in [9.17, 15) is 0 Å². The van der Waals surface area contributed by atoms with Crippen molar-refractivity contribution in [1.29, 1.82) is 0 Å². The van der Waals surface area contributed by atoms with E-state index < -0.39 is 0 Å². The lowest BCUT2D eigenvalue weighted by atomic mass is 10.3. The Morgan fingerprint density at radius 3 is 2.64 bits per heavy atom. The number of halogens is 2. The van der Waals surface area contributed by atoms with Gasteiger partial charge < -0.3 is 15.0 Å². The standard InChI is InChI=1S/C16H23ClN6O.HI/c1-12(24-14-7-5-13(17)6-8-14)9-19-16(18-2)22(3)10-15-20-11-21-23(15)4;/h5-8,11-12H,9-10H2,1-4H3,(H,18,19);1H. The number of aryl methyl sites for hydroxylation is 1. The fraction of sp³-hybridized carbons (Fsp3) is 0.438. The van der Waals surface area contributed by atoms with Gasteiger partial charge in [0.1, 0.15) is 24.0 Å². The summed E-state index contributed by atoms with van der Waals surface area (Å²) in [4.78, 5) is 10.5. The van der Waals surface area contributed by atoms with E-state index in [1.54, 1.807) is 18.1 Å². The van der Waals surface area contributed by atoms with Crippen molar-refractivity contribution < 1.29 is 4.74 Å². The van der Waals surface area contributed by atoms with Crippen LogP contribution in [0.5, 0.6) is 5.75 Å². The molecule has 25 heavy (non-hydrogen) atoms. The molecule has 2 rings (SSSR count). The van der Waals surface area contributed by atoms with Crippen LogP contribution in [0.15, 0.2) is 35.6 Å². The van der Waals surface area contributed by atoms with Gasteiger partial charge in [0.25, 0.3) is 0 Å². The zero-order valence-corrected chi connectivity index (χ0v) is 17.9. The molecule has 0 aliphatic rings. The largest absolute Gasteiger partial charge is 0.489 e. The van der Waals surface area contributed by atoms with Crippen LogP contribution < -0.4 is 10.1 Å². The first-order chi connectivity index (χ1) is 11.5. The summed E-state index contributed by atoms with van der Waals surface area (Å²) < 4.78 is 7.59. The normalized spacial score (nSPS) is 12.3. The summed E-state index contributed by atoms with van der Waals surface area (Å²) in [5, 5.41) is 8.06. The highest BCUT2D eigenvalue weighted by molar-refractivity contribution is 14.0. The van der Waals surface area contributed by atoms with Gasteiger partial charge in [0.15, 0.2) is 5.96 Å². The molecule has 1 aromatic heterocycles. The van der Waals surface area contributed by atoms with E-state index in [0.29, 0.717) is 18.1 Å². The number of aliphatic imine (C=N–C) groups is 1. The minimum atomic E-state index is -0.0221. The molecule has 0 fully saturated rings. The first-order valence-corrected chi connectivity index (χ1v) is 8.04. The van der Waals surface area contributed by atoms with Crippen LogP contribution >= 0.6 is 35.6 Å². The van der Waals surface area contributed by atoms with Crippen molar-refractivity contribution in [3.05, 3.63) is 41.4 Å². The molecule has 0 spiro atoms. The second kappa shape index (κ2) is 10.4. The molecule has 0 saturated heterocycles. The van der Waals surface area contributed by atoms with Gasteiger partial charge in [-0.05, 0) is 31.2 Å². The molecule has 1 heterocycles. The first kappa shape index (κ1) is 21.5. The number of nitrogens with one attached hydrogen (secondary N) is 1. The van der Waals surface area contributed by atoms with E-state index >= 15 is 0 Å². The van der Waals surface area contributed by atoms with Crippen LogP contribution in [0.25, 0.3) is 0 Å². The molecule has 9 heteroatoms. The van der Waals surface area contributed by atoms with Crippen molar-refractivity contribution in [2.24, 2.45) is 12.0 Å². The smallest absolute Gasteiger partial charge is 0.193 e. The van der Waals surface area contributed by atoms with E-state index in [0.717, 1.165) is 17.5 Å². The van der Waals surface area contributed by atoms with E-state index in [4.69, 9.17) is 16.3 Å². The lowest BCUT2D eigenvalue weighted by molar-refractivity contribution is 0.222. The molecule has 1 atom stereocenters. The van der Waals surface area contributed by atoms with Crippen molar-refractivity contribution in [3.8, 4) is 5.75 Å². The highest BCUT2D eigenvalue weighted by Crippen LogP contribution is 2.16. The fourth-order valence-corrected chi connectivity index (χ4v) is 2.28. The molecule has 138 valence electrons. The minimum Gasteiger partial charge on any atom is -0.489 e. The van der Waals surface area contributed by atoms with Gasteiger partial charge in [0, 0.05) is 26.2 Å². The molecule has 0 aliphatic heterocycles. The molecule has 0 bridgehead atoms. The molecule has 1 aromatic carbocycles. The van der Waals surface area contributed by atoms with Crippen LogP contribution in [0.3, 0.4) is 0 Å². The van der Waals surface area contributed by atoms with E-state index in [1.165, 1.54) is 0 Å². The zero-order valence-electron chi connectivity index (χ0n) is 14.8. The predicted octanol–water partition coefficient (Wildman–Crippen LogP) is 2.56. The zero-order chi connectivity index (χ0) is 17.5. The summed E-state index contributed by atoms with van der Waals surface area (Å²) in [7, 11) is 5.57. The van der Waals surface area contributed by atoms with Gasteiger partial charge in [-0.25, -0.2) is 4.98 Å². The van der Waals surface area contributed by atoms with Crippen molar-refractivity contribution >= 4 is 41.5 Å². The Morgan fingerprint density at radius 1 is 1.40 bits per heavy atom. The number of hydrogen-bond acceptors (Lipinski definition) is 4. The number of aromatic nitrogens is 3. The van der Waals surface area contributed by atoms with Gasteiger partial charge in [-0.15, -0.1) is 24.0 Å². The van der Waals surface area contributed by atoms with E-state index in [2.05, 4.69) is 20.4 Å². The maximum absolute atomic E-state index is 5.87. The Kier molecular flexibility index (Phi) is 8.98. The molecule has 2 aromatic rings. The Hall–Kier alpha value is -1.55. The van der Waals surface area contributed by atoms with Crippen LogP contribution in [0, 0.1) is 0 Å². The van der Waals surface area contributed by atoms with Gasteiger partial charge in [-0.2, -0.15) is 5.10 Å².